The van der Waals surface area contributed by atoms with Gasteiger partial charge in [-0.3, -0.25) is 4.79 Å². The lowest BCUT2D eigenvalue weighted by Gasteiger charge is -2.30. The molecule has 1 aliphatic heterocycles. The third-order valence-electron chi connectivity index (χ3n) is 2.29. The van der Waals surface area contributed by atoms with Crippen molar-refractivity contribution < 1.29 is 18.0 Å². The van der Waals surface area contributed by atoms with Gasteiger partial charge in [-0.05, 0) is 6.92 Å². The molecule has 0 aromatic rings. The van der Waals surface area contributed by atoms with Crippen molar-refractivity contribution in [2.24, 2.45) is 5.92 Å². The monoisotopic (exact) mass is 246 g/mol. The molecular formula is C8H14ClF3N2O. The Hall–Kier alpha value is -0.490. The van der Waals surface area contributed by atoms with Crippen molar-refractivity contribution in [1.82, 2.24) is 10.2 Å². The van der Waals surface area contributed by atoms with Crippen LogP contribution in [0.3, 0.4) is 0 Å². The van der Waals surface area contributed by atoms with Crippen LogP contribution in [0, 0.1) is 5.92 Å². The smallest absolute Gasteiger partial charge is 0.340 e. The van der Waals surface area contributed by atoms with Gasteiger partial charge in [-0.1, -0.05) is 0 Å². The number of hydrogen-bond donors (Lipinski definition) is 1. The zero-order chi connectivity index (χ0) is 10.8. The molecule has 0 saturated carbocycles. The number of piperazine rings is 1. The van der Waals surface area contributed by atoms with E-state index in [4.69, 9.17) is 0 Å². The van der Waals surface area contributed by atoms with Crippen LogP contribution < -0.4 is 5.32 Å². The van der Waals surface area contributed by atoms with E-state index in [1.165, 1.54) is 4.90 Å². The standard InChI is InChI=1S/C8H13F3N2O.ClH/c1-6(8(9,10)11)7(14)13-4-2-12-3-5-13;/h6,12H,2-5H2,1H3;1H. The molecule has 1 rings (SSSR count). The number of halogens is 4. The highest BCUT2D eigenvalue weighted by Gasteiger charge is 2.42. The predicted octanol–water partition coefficient (Wildman–Crippen LogP) is 1.04. The van der Waals surface area contributed by atoms with Gasteiger partial charge in [0.1, 0.15) is 5.92 Å². The zero-order valence-electron chi connectivity index (χ0n) is 8.30. The van der Waals surface area contributed by atoms with Crippen molar-refractivity contribution in [1.29, 1.82) is 0 Å². The van der Waals surface area contributed by atoms with Gasteiger partial charge in [0.2, 0.25) is 5.91 Å². The molecule has 1 unspecified atom stereocenters. The molecular weight excluding hydrogens is 233 g/mol. The van der Waals surface area contributed by atoms with Gasteiger partial charge in [-0.25, -0.2) is 0 Å². The highest BCUT2D eigenvalue weighted by atomic mass is 35.5. The average Bonchev–Trinajstić information content (AvgIpc) is 2.15. The Bertz CT molecular complexity index is 216. The van der Waals surface area contributed by atoms with E-state index in [9.17, 15) is 18.0 Å². The van der Waals surface area contributed by atoms with Gasteiger partial charge >= 0.3 is 6.18 Å². The first-order valence-corrected chi connectivity index (χ1v) is 4.49. The molecule has 0 aliphatic carbocycles. The van der Waals surface area contributed by atoms with Gasteiger partial charge in [0.05, 0.1) is 0 Å². The maximum atomic E-state index is 12.2. The van der Waals surface area contributed by atoms with Crippen LogP contribution in [0.1, 0.15) is 6.92 Å². The summed E-state index contributed by atoms with van der Waals surface area (Å²) in [6.45, 7) is 2.76. The normalized spacial score (nSPS) is 19.3. The highest BCUT2D eigenvalue weighted by Crippen LogP contribution is 2.27. The van der Waals surface area contributed by atoms with E-state index in [0.29, 0.717) is 26.2 Å². The lowest BCUT2D eigenvalue weighted by Crippen LogP contribution is -2.50. The Balaban J connectivity index is 0.00000196. The Morgan fingerprint density at radius 3 is 2.20 bits per heavy atom. The summed E-state index contributed by atoms with van der Waals surface area (Å²) in [6.07, 6.45) is -4.43. The molecule has 1 atom stereocenters. The topological polar surface area (TPSA) is 32.3 Å². The van der Waals surface area contributed by atoms with Gasteiger partial charge in [0, 0.05) is 26.2 Å². The maximum absolute atomic E-state index is 12.2. The lowest BCUT2D eigenvalue weighted by molar-refractivity contribution is -0.185. The van der Waals surface area contributed by atoms with Crippen molar-refractivity contribution in [2.45, 2.75) is 13.1 Å². The molecule has 3 nitrogen and oxygen atoms in total. The van der Waals surface area contributed by atoms with Crippen molar-refractivity contribution in [3.63, 3.8) is 0 Å². The minimum Gasteiger partial charge on any atom is -0.340 e. The molecule has 0 aromatic heterocycles. The molecule has 0 bridgehead atoms. The second-order valence-electron chi connectivity index (χ2n) is 3.34. The van der Waals surface area contributed by atoms with E-state index in [0.717, 1.165) is 6.92 Å². The number of amides is 1. The Morgan fingerprint density at radius 2 is 1.80 bits per heavy atom. The van der Waals surface area contributed by atoms with Crippen LogP contribution in [0.4, 0.5) is 13.2 Å². The number of alkyl halides is 3. The fourth-order valence-electron chi connectivity index (χ4n) is 1.30. The van der Waals surface area contributed by atoms with Crippen molar-refractivity contribution in [2.75, 3.05) is 26.2 Å². The quantitative estimate of drug-likeness (QED) is 0.750. The maximum Gasteiger partial charge on any atom is 0.400 e. The first-order chi connectivity index (χ1) is 6.43. The Morgan fingerprint density at radius 1 is 1.33 bits per heavy atom. The van der Waals surface area contributed by atoms with Gasteiger partial charge in [-0.2, -0.15) is 13.2 Å². The molecule has 1 fully saturated rings. The molecule has 7 heteroatoms. The summed E-state index contributed by atoms with van der Waals surface area (Å²) >= 11 is 0. The summed E-state index contributed by atoms with van der Waals surface area (Å²) in [5.74, 6) is -2.71. The molecule has 1 heterocycles. The largest absolute Gasteiger partial charge is 0.400 e. The van der Waals surface area contributed by atoms with E-state index < -0.39 is 18.0 Å². The SMILES string of the molecule is CC(C(=O)N1CCNCC1)C(F)(F)F.Cl. The molecule has 0 aromatic carbocycles. The van der Waals surface area contributed by atoms with Crippen LogP contribution in [-0.4, -0.2) is 43.2 Å². The number of hydrogen-bond acceptors (Lipinski definition) is 2. The van der Waals surface area contributed by atoms with Crippen molar-refractivity contribution >= 4 is 18.3 Å². The number of carbonyl (C=O) groups is 1. The average molecular weight is 247 g/mol. The lowest BCUT2D eigenvalue weighted by atomic mass is 10.1. The molecule has 1 aliphatic rings. The van der Waals surface area contributed by atoms with Crippen LogP contribution >= 0.6 is 12.4 Å². The zero-order valence-corrected chi connectivity index (χ0v) is 9.12. The van der Waals surface area contributed by atoms with E-state index in [1.54, 1.807) is 0 Å². The molecule has 1 saturated heterocycles. The third-order valence-corrected chi connectivity index (χ3v) is 2.29. The van der Waals surface area contributed by atoms with Gasteiger partial charge in [0.15, 0.2) is 0 Å². The van der Waals surface area contributed by atoms with E-state index in [2.05, 4.69) is 5.32 Å². The number of carbonyl (C=O) groups excluding carboxylic acids is 1. The summed E-state index contributed by atoms with van der Waals surface area (Å²) in [4.78, 5) is 12.6. The number of rotatable bonds is 1. The fraction of sp³-hybridized carbons (Fsp3) is 0.875. The first-order valence-electron chi connectivity index (χ1n) is 4.49. The molecule has 1 N–H and O–H groups in total. The van der Waals surface area contributed by atoms with E-state index >= 15 is 0 Å². The second kappa shape index (κ2) is 5.55. The molecule has 1 amide bonds. The van der Waals surface area contributed by atoms with Crippen LogP contribution in [0.5, 0.6) is 0 Å². The third kappa shape index (κ3) is 3.87. The molecule has 0 spiro atoms. The molecule has 15 heavy (non-hydrogen) atoms. The van der Waals surface area contributed by atoms with Crippen molar-refractivity contribution in [3.05, 3.63) is 0 Å². The highest BCUT2D eigenvalue weighted by molar-refractivity contribution is 5.85. The summed E-state index contributed by atoms with van der Waals surface area (Å²) in [7, 11) is 0. The minimum absolute atomic E-state index is 0. The minimum atomic E-state index is -4.43. The Labute approximate surface area is 92.4 Å². The molecule has 0 radical (unpaired) electrons. The number of nitrogens with one attached hydrogen (secondary N) is 1. The van der Waals surface area contributed by atoms with Crippen molar-refractivity contribution in [3.8, 4) is 0 Å². The summed E-state index contributed by atoms with van der Waals surface area (Å²) in [5.41, 5.74) is 0. The predicted molar refractivity (Wildman–Crippen MR) is 51.9 cm³/mol. The van der Waals surface area contributed by atoms with Gasteiger partial charge < -0.3 is 10.2 Å². The molecule has 90 valence electrons. The van der Waals surface area contributed by atoms with E-state index in [1.807, 2.05) is 0 Å². The van der Waals surface area contributed by atoms with Crippen LogP contribution in [0.15, 0.2) is 0 Å². The summed E-state index contributed by atoms with van der Waals surface area (Å²) in [5, 5.41) is 2.97. The van der Waals surface area contributed by atoms with Crippen LogP contribution in [0.25, 0.3) is 0 Å². The summed E-state index contributed by atoms with van der Waals surface area (Å²) < 4.78 is 36.6. The fourth-order valence-corrected chi connectivity index (χ4v) is 1.30. The van der Waals surface area contributed by atoms with E-state index in [-0.39, 0.29) is 12.4 Å². The first kappa shape index (κ1) is 14.5. The van der Waals surface area contributed by atoms with Gasteiger partial charge in [0.25, 0.3) is 0 Å². The number of nitrogens with zero attached hydrogens (tertiary/aromatic N) is 1. The summed E-state index contributed by atoms with van der Waals surface area (Å²) in [6, 6.07) is 0. The van der Waals surface area contributed by atoms with Crippen LogP contribution in [-0.2, 0) is 4.79 Å². The Kier molecular flexibility index (Phi) is 5.37. The van der Waals surface area contributed by atoms with Gasteiger partial charge in [-0.15, -0.1) is 12.4 Å². The second-order valence-corrected chi connectivity index (χ2v) is 3.34. The van der Waals surface area contributed by atoms with Crippen LogP contribution in [0.2, 0.25) is 0 Å².